The van der Waals surface area contributed by atoms with Crippen LogP contribution in [0.1, 0.15) is 59.8 Å². The van der Waals surface area contributed by atoms with Crippen molar-refractivity contribution in [2.75, 3.05) is 45.8 Å². The van der Waals surface area contributed by atoms with E-state index in [9.17, 15) is 0 Å². The lowest BCUT2D eigenvalue weighted by atomic mass is 9.92. The molecule has 2 aliphatic heterocycles. The van der Waals surface area contributed by atoms with Crippen molar-refractivity contribution >= 4 is 0 Å². The van der Waals surface area contributed by atoms with Crippen molar-refractivity contribution in [1.82, 2.24) is 14.7 Å². The van der Waals surface area contributed by atoms with Gasteiger partial charge in [0.25, 0.3) is 0 Å². The minimum absolute atomic E-state index is 0.751. The first-order valence-corrected chi connectivity index (χ1v) is 9.84. The van der Waals surface area contributed by atoms with Gasteiger partial charge in [-0.15, -0.1) is 0 Å². The van der Waals surface area contributed by atoms with Crippen LogP contribution >= 0.6 is 0 Å². The Hall–Kier alpha value is -0.120. The van der Waals surface area contributed by atoms with E-state index in [2.05, 4.69) is 42.4 Å². The van der Waals surface area contributed by atoms with Crippen molar-refractivity contribution in [3.8, 4) is 0 Å². The zero-order chi connectivity index (χ0) is 15.9. The Morgan fingerprint density at radius 3 is 2.32 bits per heavy atom. The Labute approximate surface area is 139 Å². The van der Waals surface area contributed by atoms with Crippen LogP contribution in [0.25, 0.3) is 0 Å². The Morgan fingerprint density at radius 2 is 1.73 bits per heavy atom. The fourth-order valence-electron chi connectivity index (χ4n) is 4.20. The molecule has 0 aromatic carbocycles. The van der Waals surface area contributed by atoms with E-state index in [1.165, 1.54) is 77.9 Å². The average molecular weight is 310 g/mol. The molecule has 22 heavy (non-hydrogen) atoms. The molecule has 2 aliphatic rings. The van der Waals surface area contributed by atoms with Crippen LogP contribution in [0.15, 0.2) is 0 Å². The highest BCUT2D eigenvalue weighted by molar-refractivity contribution is 4.81. The highest BCUT2D eigenvalue weighted by Gasteiger charge is 2.25. The lowest BCUT2D eigenvalue weighted by Crippen LogP contribution is -2.52. The van der Waals surface area contributed by atoms with Crippen LogP contribution in [0.4, 0.5) is 0 Å². The summed E-state index contributed by atoms with van der Waals surface area (Å²) >= 11 is 0. The second kappa shape index (κ2) is 9.24. The standard InChI is InChI=1S/C19H39N3/c1-5-10-21-15-14-20(16-18(21)4)11-7-19-8-12-22(13-9-19)17(3)6-2/h17-19H,5-16H2,1-4H3/t17?,18-/m1/s1. The van der Waals surface area contributed by atoms with Gasteiger partial charge in [0.05, 0.1) is 0 Å². The van der Waals surface area contributed by atoms with Crippen molar-refractivity contribution in [3.05, 3.63) is 0 Å². The van der Waals surface area contributed by atoms with Gasteiger partial charge in [-0.25, -0.2) is 0 Å². The molecule has 3 nitrogen and oxygen atoms in total. The SMILES string of the molecule is CCCN1CCN(CCC2CCN(C(C)CC)CC2)C[C@H]1C. The fourth-order valence-corrected chi connectivity index (χ4v) is 4.20. The van der Waals surface area contributed by atoms with Gasteiger partial charge in [-0.2, -0.15) is 0 Å². The van der Waals surface area contributed by atoms with E-state index in [0.717, 1.165) is 18.0 Å². The minimum atomic E-state index is 0.751. The summed E-state index contributed by atoms with van der Waals surface area (Å²) in [4.78, 5) is 8.08. The summed E-state index contributed by atoms with van der Waals surface area (Å²) in [5.41, 5.74) is 0. The van der Waals surface area contributed by atoms with Gasteiger partial charge in [0, 0.05) is 31.7 Å². The molecule has 0 saturated carbocycles. The van der Waals surface area contributed by atoms with Crippen molar-refractivity contribution in [1.29, 1.82) is 0 Å². The number of piperidine rings is 1. The molecule has 2 atom stereocenters. The number of likely N-dealkylation sites (tertiary alicyclic amines) is 1. The first-order chi connectivity index (χ1) is 10.6. The minimum Gasteiger partial charge on any atom is -0.301 e. The monoisotopic (exact) mass is 309 g/mol. The van der Waals surface area contributed by atoms with E-state index in [1.807, 2.05) is 0 Å². The molecule has 1 unspecified atom stereocenters. The maximum atomic E-state index is 2.72. The summed E-state index contributed by atoms with van der Waals surface area (Å²) in [6.45, 7) is 18.5. The van der Waals surface area contributed by atoms with E-state index in [0.29, 0.717) is 0 Å². The normalized spacial score (nSPS) is 28.1. The summed E-state index contributed by atoms with van der Waals surface area (Å²) in [6.07, 6.45) is 6.86. The van der Waals surface area contributed by atoms with E-state index in [-0.39, 0.29) is 0 Å². The fraction of sp³-hybridized carbons (Fsp3) is 1.00. The molecule has 2 rings (SSSR count). The third-order valence-corrected chi connectivity index (χ3v) is 6.08. The van der Waals surface area contributed by atoms with Gasteiger partial charge >= 0.3 is 0 Å². The molecule has 3 heteroatoms. The van der Waals surface area contributed by atoms with Gasteiger partial charge in [0.2, 0.25) is 0 Å². The quantitative estimate of drug-likeness (QED) is 0.714. The van der Waals surface area contributed by atoms with Crippen molar-refractivity contribution in [3.63, 3.8) is 0 Å². The third kappa shape index (κ3) is 5.21. The molecule has 0 bridgehead atoms. The van der Waals surface area contributed by atoms with Crippen molar-refractivity contribution < 1.29 is 0 Å². The van der Waals surface area contributed by atoms with Crippen LogP contribution < -0.4 is 0 Å². The smallest absolute Gasteiger partial charge is 0.0195 e. The molecule has 130 valence electrons. The second-order valence-electron chi connectivity index (χ2n) is 7.71. The van der Waals surface area contributed by atoms with Crippen LogP contribution in [0.2, 0.25) is 0 Å². The Kier molecular flexibility index (Phi) is 7.66. The second-order valence-corrected chi connectivity index (χ2v) is 7.71. The molecular weight excluding hydrogens is 270 g/mol. The average Bonchev–Trinajstić information content (AvgIpc) is 2.55. The van der Waals surface area contributed by atoms with Crippen molar-refractivity contribution in [2.24, 2.45) is 5.92 Å². The molecule has 2 fully saturated rings. The van der Waals surface area contributed by atoms with Gasteiger partial charge in [-0.3, -0.25) is 4.90 Å². The molecule has 0 radical (unpaired) electrons. The number of nitrogens with zero attached hydrogens (tertiary/aromatic N) is 3. The highest BCUT2D eigenvalue weighted by Crippen LogP contribution is 2.23. The van der Waals surface area contributed by atoms with Crippen LogP contribution in [-0.2, 0) is 0 Å². The number of rotatable bonds is 7. The molecule has 0 aromatic rings. The van der Waals surface area contributed by atoms with Crippen molar-refractivity contribution in [2.45, 2.75) is 71.9 Å². The summed E-state index contributed by atoms with van der Waals surface area (Å²) in [6, 6.07) is 1.54. The lowest BCUT2D eigenvalue weighted by molar-refractivity contribution is 0.0731. The Bertz CT molecular complexity index is 299. The molecule has 0 spiro atoms. The summed E-state index contributed by atoms with van der Waals surface area (Å²) in [5.74, 6) is 0.976. The predicted molar refractivity (Wildman–Crippen MR) is 96.4 cm³/mol. The van der Waals surface area contributed by atoms with E-state index < -0.39 is 0 Å². The summed E-state index contributed by atoms with van der Waals surface area (Å²) in [7, 11) is 0. The molecule has 0 aromatic heterocycles. The summed E-state index contributed by atoms with van der Waals surface area (Å²) in [5, 5.41) is 0. The zero-order valence-corrected chi connectivity index (χ0v) is 15.6. The molecule has 0 amide bonds. The van der Waals surface area contributed by atoms with Gasteiger partial charge in [0.1, 0.15) is 0 Å². The first-order valence-electron chi connectivity index (χ1n) is 9.84. The van der Waals surface area contributed by atoms with Crippen LogP contribution in [0, 0.1) is 5.92 Å². The molecule has 0 aliphatic carbocycles. The van der Waals surface area contributed by atoms with Gasteiger partial charge in [0.15, 0.2) is 0 Å². The molecule has 2 saturated heterocycles. The van der Waals surface area contributed by atoms with E-state index in [1.54, 1.807) is 0 Å². The highest BCUT2D eigenvalue weighted by atomic mass is 15.3. The number of piperazine rings is 1. The Balaban J connectivity index is 1.63. The number of hydrogen-bond acceptors (Lipinski definition) is 3. The maximum Gasteiger partial charge on any atom is 0.0195 e. The lowest BCUT2D eigenvalue weighted by Gasteiger charge is -2.41. The third-order valence-electron chi connectivity index (χ3n) is 6.08. The Morgan fingerprint density at radius 1 is 1.00 bits per heavy atom. The molecule has 2 heterocycles. The summed E-state index contributed by atoms with van der Waals surface area (Å²) < 4.78 is 0. The largest absolute Gasteiger partial charge is 0.301 e. The molecule has 0 N–H and O–H groups in total. The van der Waals surface area contributed by atoms with Gasteiger partial charge in [-0.05, 0) is 78.0 Å². The van der Waals surface area contributed by atoms with E-state index >= 15 is 0 Å². The molecular formula is C19H39N3. The maximum absolute atomic E-state index is 2.72. The van der Waals surface area contributed by atoms with Crippen LogP contribution in [-0.4, -0.2) is 72.6 Å². The van der Waals surface area contributed by atoms with Crippen LogP contribution in [0.5, 0.6) is 0 Å². The first kappa shape index (κ1) is 18.2. The topological polar surface area (TPSA) is 9.72 Å². The number of hydrogen-bond donors (Lipinski definition) is 0. The zero-order valence-electron chi connectivity index (χ0n) is 15.6. The van der Waals surface area contributed by atoms with E-state index in [4.69, 9.17) is 0 Å². The van der Waals surface area contributed by atoms with Gasteiger partial charge < -0.3 is 9.80 Å². The van der Waals surface area contributed by atoms with Crippen LogP contribution in [0.3, 0.4) is 0 Å². The predicted octanol–water partition coefficient (Wildman–Crippen LogP) is 3.30. The van der Waals surface area contributed by atoms with Gasteiger partial charge in [-0.1, -0.05) is 13.8 Å².